The highest BCUT2D eigenvalue weighted by atomic mass is 32.2. The highest BCUT2D eigenvalue weighted by Gasteiger charge is 2.29. The Bertz CT molecular complexity index is 521. The SMILES string of the molecule is CS[C@H]1CCCC[C@@H]1OP(c1ccccc1)c1ccccc1. The van der Waals surface area contributed by atoms with Crippen molar-refractivity contribution in [2.75, 3.05) is 6.26 Å². The molecule has 0 radical (unpaired) electrons. The Labute approximate surface area is 139 Å². The highest BCUT2D eigenvalue weighted by molar-refractivity contribution is 7.99. The Morgan fingerprint density at radius 1 is 0.864 bits per heavy atom. The van der Waals surface area contributed by atoms with E-state index in [9.17, 15) is 0 Å². The molecule has 1 nitrogen and oxygen atoms in total. The van der Waals surface area contributed by atoms with Crippen molar-refractivity contribution in [1.29, 1.82) is 0 Å². The van der Waals surface area contributed by atoms with Crippen LogP contribution in [0.1, 0.15) is 25.7 Å². The van der Waals surface area contributed by atoms with E-state index >= 15 is 0 Å². The topological polar surface area (TPSA) is 9.23 Å². The summed E-state index contributed by atoms with van der Waals surface area (Å²) in [6.07, 6.45) is 7.74. The number of thioether (sulfide) groups is 1. The second-order valence-electron chi connectivity index (χ2n) is 5.67. The highest BCUT2D eigenvalue weighted by Crippen LogP contribution is 2.41. The van der Waals surface area contributed by atoms with E-state index in [1.807, 2.05) is 11.8 Å². The number of hydrogen-bond donors (Lipinski definition) is 0. The van der Waals surface area contributed by atoms with Gasteiger partial charge in [-0.1, -0.05) is 73.5 Å². The van der Waals surface area contributed by atoms with Crippen LogP contribution in [0, 0.1) is 0 Å². The Kier molecular flexibility index (Phi) is 5.95. The lowest BCUT2D eigenvalue weighted by molar-refractivity contribution is 0.185. The van der Waals surface area contributed by atoms with Crippen LogP contribution in [-0.4, -0.2) is 17.6 Å². The minimum Gasteiger partial charge on any atom is -0.345 e. The third-order valence-electron chi connectivity index (χ3n) is 4.17. The number of hydrogen-bond acceptors (Lipinski definition) is 2. The van der Waals surface area contributed by atoms with E-state index in [0.717, 1.165) is 0 Å². The predicted octanol–water partition coefficient (Wildman–Crippen LogP) is 4.73. The van der Waals surface area contributed by atoms with Gasteiger partial charge in [-0.3, -0.25) is 0 Å². The molecule has 3 rings (SSSR count). The third-order valence-corrected chi connectivity index (χ3v) is 7.33. The van der Waals surface area contributed by atoms with Crippen molar-refractivity contribution in [3.05, 3.63) is 60.7 Å². The minimum atomic E-state index is -0.719. The molecular weight excluding hydrogens is 307 g/mol. The molecule has 2 aromatic carbocycles. The molecular formula is C19H23OPS. The van der Waals surface area contributed by atoms with Gasteiger partial charge in [0, 0.05) is 15.9 Å². The molecule has 0 unspecified atom stereocenters. The van der Waals surface area contributed by atoms with Crippen LogP contribution in [0.3, 0.4) is 0 Å². The van der Waals surface area contributed by atoms with Gasteiger partial charge in [-0.05, 0) is 19.1 Å². The lowest BCUT2D eigenvalue weighted by atomic mass is 9.97. The Morgan fingerprint density at radius 3 is 1.95 bits per heavy atom. The summed E-state index contributed by atoms with van der Waals surface area (Å²) >= 11 is 1.97. The van der Waals surface area contributed by atoms with Crippen LogP contribution in [0.4, 0.5) is 0 Å². The molecule has 0 aliphatic heterocycles. The van der Waals surface area contributed by atoms with Crippen molar-refractivity contribution in [3.8, 4) is 0 Å². The zero-order valence-corrected chi connectivity index (χ0v) is 14.7. The summed E-state index contributed by atoms with van der Waals surface area (Å²) in [6.45, 7) is 0. The second kappa shape index (κ2) is 8.15. The van der Waals surface area contributed by atoms with Gasteiger partial charge >= 0.3 is 0 Å². The van der Waals surface area contributed by atoms with E-state index in [1.165, 1.54) is 36.3 Å². The lowest BCUT2D eigenvalue weighted by Crippen LogP contribution is -2.31. The van der Waals surface area contributed by atoms with E-state index in [-0.39, 0.29) is 0 Å². The molecule has 0 heterocycles. The molecule has 1 saturated carbocycles. The number of benzene rings is 2. The van der Waals surface area contributed by atoms with E-state index < -0.39 is 8.15 Å². The van der Waals surface area contributed by atoms with Crippen molar-refractivity contribution in [3.63, 3.8) is 0 Å². The van der Waals surface area contributed by atoms with Gasteiger partial charge in [0.1, 0.15) is 0 Å². The number of rotatable bonds is 5. The average Bonchev–Trinajstić information content (AvgIpc) is 2.61. The van der Waals surface area contributed by atoms with Gasteiger partial charge in [0.15, 0.2) is 0 Å². The predicted molar refractivity (Wildman–Crippen MR) is 99.7 cm³/mol. The molecule has 22 heavy (non-hydrogen) atoms. The maximum absolute atomic E-state index is 6.71. The smallest absolute Gasteiger partial charge is 0.0922 e. The average molecular weight is 330 g/mol. The maximum Gasteiger partial charge on any atom is 0.0922 e. The van der Waals surface area contributed by atoms with Crippen molar-refractivity contribution < 1.29 is 4.52 Å². The van der Waals surface area contributed by atoms with Crippen LogP contribution in [0.25, 0.3) is 0 Å². The molecule has 0 amide bonds. The standard InChI is InChI=1S/C19H23OPS/c1-22-19-15-9-8-14-18(19)20-21(16-10-4-2-5-11-16)17-12-6-3-7-13-17/h2-7,10-13,18-19H,8-9,14-15H2,1H3/t18-,19-/m0/s1. The fourth-order valence-electron chi connectivity index (χ4n) is 2.99. The van der Waals surface area contributed by atoms with E-state index in [1.54, 1.807) is 0 Å². The lowest BCUT2D eigenvalue weighted by Gasteiger charge is -2.33. The molecule has 0 bridgehead atoms. The second-order valence-corrected chi connectivity index (χ2v) is 8.58. The van der Waals surface area contributed by atoms with Gasteiger partial charge in [-0.25, -0.2) is 0 Å². The zero-order chi connectivity index (χ0) is 15.2. The first kappa shape index (κ1) is 16.1. The molecule has 116 valence electrons. The first-order valence-corrected chi connectivity index (χ1v) is 10.5. The van der Waals surface area contributed by atoms with Crippen molar-refractivity contribution in [1.82, 2.24) is 0 Å². The first-order chi connectivity index (χ1) is 10.9. The zero-order valence-electron chi connectivity index (χ0n) is 13.0. The molecule has 2 atom stereocenters. The summed E-state index contributed by atoms with van der Waals surface area (Å²) in [5.41, 5.74) is 0. The van der Waals surface area contributed by atoms with Gasteiger partial charge in [0.2, 0.25) is 0 Å². The van der Waals surface area contributed by atoms with E-state index in [0.29, 0.717) is 11.4 Å². The quantitative estimate of drug-likeness (QED) is 0.733. The fourth-order valence-corrected chi connectivity index (χ4v) is 5.92. The normalized spacial score (nSPS) is 21.9. The van der Waals surface area contributed by atoms with E-state index in [2.05, 4.69) is 66.9 Å². The summed E-state index contributed by atoms with van der Waals surface area (Å²) in [7, 11) is -0.719. The molecule has 2 aromatic rings. The molecule has 0 saturated heterocycles. The summed E-state index contributed by atoms with van der Waals surface area (Å²) < 4.78 is 6.71. The largest absolute Gasteiger partial charge is 0.345 e. The van der Waals surface area contributed by atoms with Gasteiger partial charge in [-0.15, -0.1) is 0 Å². The molecule has 1 fully saturated rings. The molecule has 0 aromatic heterocycles. The molecule has 1 aliphatic rings. The van der Waals surface area contributed by atoms with Crippen LogP contribution < -0.4 is 10.6 Å². The van der Waals surface area contributed by atoms with Gasteiger partial charge < -0.3 is 4.52 Å². The fraction of sp³-hybridized carbons (Fsp3) is 0.368. The molecule has 0 spiro atoms. The Hall–Kier alpha value is -0.820. The third kappa shape index (κ3) is 3.93. The van der Waals surface area contributed by atoms with Crippen LogP contribution >= 0.6 is 19.9 Å². The summed E-state index contributed by atoms with van der Waals surface area (Å²) in [5.74, 6) is 0. The monoisotopic (exact) mass is 330 g/mol. The van der Waals surface area contributed by atoms with Gasteiger partial charge in [0.05, 0.1) is 14.3 Å². The first-order valence-electron chi connectivity index (χ1n) is 7.98. The van der Waals surface area contributed by atoms with Crippen molar-refractivity contribution in [2.24, 2.45) is 0 Å². The maximum atomic E-state index is 6.71. The Balaban J connectivity index is 1.86. The van der Waals surface area contributed by atoms with Crippen LogP contribution in [0.2, 0.25) is 0 Å². The van der Waals surface area contributed by atoms with Crippen LogP contribution in [0.15, 0.2) is 60.7 Å². The Morgan fingerprint density at radius 2 is 1.41 bits per heavy atom. The van der Waals surface area contributed by atoms with Crippen LogP contribution in [-0.2, 0) is 4.52 Å². The van der Waals surface area contributed by atoms with E-state index in [4.69, 9.17) is 4.52 Å². The van der Waals surface area contributed by atoms with Crippen molar-refractivity contribution >= 4 is 30.5 Å². The van der Waals surface area contributed by atoms with Crippen molar-refractivity contribution in [2.45, 2.75) is 37.0 Å². The molecule has 3 heteroatoms. The molecule has 0 N–H and O–H groups in total. The minimum absolute atomic E-state index is 0.385. The van der Waals surface area contributed by atoms with Gasteiger partial charge in [-0.2, -0.15) is 11.8 Å². The summed E-state index contributed by atoms with van der Waals surface area (Å²) in [5, 5.41) is 3.27. The van der Waals surface area contributed by atoms with Crippen LogP contribution in [0.5, 0.6) is 0 Å². The van der Waals surface area contributed by atoms with Gasteiger partial charge in [0.25, 0.3) is 0 Å². The summed E-state index contributed by atoms with van der Waals surface area (Å²) in [6, 6.07) is 21.4. The molecule has 1 aliphatic carbocycles. The summed E-state index contributed by atoms with van der Waals surface area (Å²) in [4.78, 5) is 0.